The Morgan fingerprint density at radius 2 is 1.75 bits per heavy atom. The topological polar surface area (TPSA) is 54.9 Å². The van der Waals surface area contributed by atoms with Crippen molar-refractivity contribution in [1.29, 1.82) is 0 Å². The second-order valence-electron chi connectivity index (χ2n) is 7.78. The van der Waals surface area contributed by atoms with Gasteiger partial charge in [-0.2, -0.15) is 0 Å². The highest BCUT2D eigenvalue weighted by Crippen LogP contribution is 2.29. The van der Waals surface area contributed by atoms with E-state index < -0.39 is 0 Å². The van der Waals surface area contributed by atoms with Crippen LogP contribution >= 0.6 is 0 Å². The van der Waals surface area contributed by atoms with E-state index in [9.17, 15) is 5.11 Å². The van der Waals surface area contributed by atoms with Gasteiger partial charge in [0.25, 0.3) is 0 Å². The Kier molecular flexibility index (Phi) is 5.09. The third-order valence-electron chi connectivity index (χ3n) is 5.65. The van der Waals surface area contributed by atoms with Crippen LogP contribution in [0.25, 0.3) is 10.9 Å². The van der Waals surface area contributed by atoms with E-state index in [0.717, 1.165) is 53.9 Å². The first-order valence-corrected chi connectivity index (χ1v) is 9.96. The largest absolute Gasteiger partial charge is 0.494 e. The summed E-state index contributed by atoms with van der Waals surface area (Å²) in [5.74, 6) is 0.160. The number of piperazine rings is 1. The molecule has 1 aliphatic rings. The lowest BCUT2D eigenvalue weighted by Crippen LogP contribution is -2.48. The maximum absolute atomic E-state index is 10.3. The van der Waals surface area contributed by atoms with Crippen molar-refractivity contribution < 1.29 is 5.11 Å². The van der Waals surface area contributed by atoms with Crippen LogP contribution in [0.2, 0.25) is 0 Å². The van der Waals surface area contributed by atoms with Crippen LogP contribution in [-0.2, 0) is 0 Å². The van der Waals surface area contributed by atoms with E-state index in [1.54, 1.807) is 6.21 Å². The number of anilines is 1. The highest BCUT2D eigenvalue weighted by molar-refractivity contribution is 6.04. The molecule has 0 bridgehead atoms. The standard InChI is InChI=1S/C23H28N4O/c1-16(2)26-11-13-27(14-12-26)19-9-7-18(8-10-19)24-15-20-22-17(3)5-4-6-21(22)25-23(20)28/h4-10,15-16,25,28H,11-14H2,1-3H3. The average Bonchev–Trinajstić information content (AvgIpc) is 3.03. The predicted molar refractivity (Wildman–Crippen MR) is 117 cm³/mol. The maximum Gasteiger partial charge on any atom is 0.198 e. The van der Waals surface area contributed by atoms with Gasteiger partial charge in [0.05, 0.1) is 11.3 Å². The molecule has 1 fully saturated rings. The minimum Gasteiger partial charge on any atom is -0.494 e. The second kappa shape index (κ2) is 7.68. The highest BCUT2D eigenvalue weighted by atomic mass is 16.3. The Morgan fingerprint density at radius 1 is 1.04 bits per heavy atom. The lowest BCUT2D eigenvalue weighted by molar-refractivity contribution is 0.209. The molecule has 5 nitrogen and oxygen atoms in total. The molecule has 2 N–H and O–H groups in total. The molecule has 1 saturated heterocycles. The summed E-state index contributed by atoms with van der Waals surface area (Å²) in [5, 5.41) is 11.3. The van der Waals surface area contributed by atoms with Gasteiger partial charge >= 0.3 is 0 Å². The molecular weight excluding hydrogens is 348 g/mol. The van der Waals surface area contributed by atoms with Crippen molar-refractivity contribution in [3.8, 4) is 5.88 Å². The van der Waals surface area contributed by atoms with Gasteiger partial charge in [0.1, 0.15) is 0 Å². The van der Waals surface area contributed by atoms with Gasteiger partial charge in [-0.3, -0.25) is 9.89 Å². The van der Waals surface area contributed by atoms with Crippen LogP contribution in [0.15, 0.2) is 47.5 Å². The molecule has 0 radical (unpaired) electrons. The molecule has 146 valence electrons. The van der Waals surface area contributed by atoms with Gasteiger partial charge in [-0.1, -0.05) is 12.1 Å². The molecule has 4 rings (SSSR count). The van der Waals surface area contributed by atoms with Gasteiger partial charge in [-0.15, -0.1) is 0 Å². The summed E-state index contributed by atoms with van der Waals surface area (Å²) in [6, 6.07) is 15.0. The van der Waals surface area contributed by atoms with E-state index in [2.05, 4.69) is 45.8 Å². The van der Waals surface area contributed by atoms with Crippen molar-refractivity contribution in [3.63, 3.8) is 0 Å². The molecule has 0 atom stereocenters. The molecule has 0 spiro atoms. The van der Waals surface area contributed by atoms with Crippen molar-refractivity contribution in [2.45, 2.75) is 26.8 Å². The number of aliphatic imine (C=N–C) groups is 1. The number of nitrogens with one attached hydrogen (secondary N) is 1. The zero-order chi connectivity index (χ0) is 19.7. The first-order chi connectivity index (χ1) is 13.5. The Hall–Kier alpha value is -2.79. The van der Waals surface area contributed by atoms with E-state index in [-0.39, 0.29) is 5.88 Å². The van der Waals surface area contributed by atoms with Gasteiger partial charge in [0.15, 0.2) is 5.88 Å². The molecule has 2 aromatic carbocycles. The summed E-state index contributed by atoms with van der Waals surface area (Å²) in [6.45, 7) is 10.9. The Bertz CT molecular complexity index is 980. The van der Waals surface area contributed by atoms with Gasteiger partial charge in [-0.05, 0) is 56.7 Å². The summed E-state index contributed by atoms with van der Waals surface area (Å²) in [4.78, 5) is 12.6. The van der Waals surface area contributed by atoms with Crippen LogP contribution in [0.1, 0.15) is 25.0 Å². The average molecular weight is 377 g/mol. The second-order valence-corrected chi connectivity index (χ2v) is 7.78. The molecule has 1 aliphatic heterocycles. The van der Waals surface area contributed by atoms with Crippen LogP contribution in [0.3, 0.4) is 0 Å². The fraction of sp³-hybridized carbons (Fsp3) is 0.348. The van der Waals surface area contributed by atoms with Crippen molar-refractivity contribution in [3.05, 3.63) is 53.6 Å². The third-order valence-corrected chi connectivity index (χ3v) is 5.65. The molecule has 28 heavy (non-hydrogen) atoms. The summed E-state index contributed by atoms with van der Waals surface area (Å²) in [7, 11) is 0. The first kappa shape index (κ1) is 18.6. The number of fused-ring (bicyclic) bond motifs is 1. The number of aryl methyl sites for hydroxylation is 1. The fourth-order valence-corrected chi connectivity index (χ4v) is 3.95. The number of hydrogen-bond acceptors (Lipinski definition) is 4. The first-order valence-electron chi connectivity index (χ1n) is 9.96. The normalized spacial score (nSPS) is 15.9. The monoisotopic (exact) mass is 376 g/mol. The smallest absolute Gasteiger partial charge is 0.198 e. The predicted octanol–water partition coefficient (Wildman–Crippen LogP) is 4.46. The molecular formula is C23H28N4O. The van der Waals surface area contributed by atoms with Crippen LogP contribution in [0.5, 0.6) is 5.88 Å². The minimum absolute atomic E-state index is 0.160. The number of rotatable bonds is 4. The lowest BCUT2D eigenvalue weighted by Gasteiger charge is -2.38. The van der Waals surface area contributed by atoms with Crippen molar-refractivity contribution in [2.75, 3.05) is 31.1 Å². The maximum atomic E-state index is 10.3. The third kappa shape index (κ3) is 3.62. The Morgan fingerprint density at radius 3 is 2.43 bits per heavy atom. The Labute approximate surface area is 166 Å². The van der Waals surface area contributed by atoms with Gasteiger partial charge < -0.3 is 15.0 Å². The summed E-state index contributed by atoms with van der Waals surface area (Å²) in [5.41, 5.74) is 4.91. The molecule has 3 aromatic rings. The van der Waals surface area contributed by atoms with Gasteiger partial charge in [-0.25, -0.2) is 0 Å². The minimum atomic E-state index is 0.160. The van der Waals surface area contributed by atoms with E-state index in [4.69, 9.17) is 0 Å². The van der Waals surface area contributed by atoms with Crippen LogP contribution in [0.4, 0.5) is 11.4 Å². The summed E-state index contributed by atoms with van der Waals surface area (Å²) < 4.78 is 0. The fourth-order valence-electron chi connectivity index (χ4n) is 3.95. The number of nitrogens with zero attached hydrogens (tertiary/aromatic N) is 3. The molecule has 2 heterocycles. The van der Waals surface area contributed by atoms with Crippen molar-refractivity contribution in [1.82, 2.24) is 9.88 Å². The van der Waals surface area contributed by atoms with Crippen LogP contribution < -0.4 is 4.90 Å². The quantitative estimate of drug-likeness (QED) is 0.661. The lowest BCUT2D eigenvalue weighted by atomic mass is 10.1. The highest BCUT2D eigenvalue weighted by Gasteiger charge is 2.18. The molecule has 0 unspecified atom stereocenters. The summed E-state index contributed by atoms with van der Waals surface area (Å²) in [6.07, 6.45) is 1.75. The summed E-state index contributed by atoms with van der Waals surface area (Å²) >= 11 is 0. The van der Waals surface area contributed by atoms with Gasteiger partial charge in [0, 0.05) is 55.0 Å². The van der Waals surface area contributed by atoms with E-state index in [0.29, 0.717) is 6.04 Å². The number of hydrogen-bond donors (Lipinski definition) is 2. The zero-order valence-electron chi connectivity index (χ0n) is 16.8. The molecule has 5 heteroatoms. The van der Waals surface area contributed by atoms with Crippen molar-refractivity contribution in [2.24, 2.45) is 4.99 Å². The number of H-pyrrole nitrogens is 1. The molecule has 0 amide bonds. The van der Waals surface area contributed by atoms with Crippen LogP contribution in [0, 0.1) is 6.92 Å². The number of benzene rings is 2. The number of aromatic nitrogens is 1. The van der Waals surface area contributed by atoms with Crippen molar-refractivity contribution >= 4 is 28.5 Å². The molecule has 1 aromatic heterocycles. The van der Waals surface area contributed by atoms with E-state index >= 15 is 0 Å². The van der Waals surface area contributed by atoms with E-state index in [1.165, 1.54) is 5.69 Å². The number of aromatic amines is 1. The van der Waals surface area contributed by atoms with E-state index in [1.807, 2.05) is 37.3 Å². The zero-order valence-corrected chi connectivity index (χ0v) is 16.8. The van der Waals surface area contributed by atoms with Crippen LogP contribution in [-0.4, -0.2) is 53.4 Å². The molecule has 0 saturated carbocycles. The SMILES string of the molecule is Cc1cccc2[nH]c(O)c(C=Nc3ccc(N4CCN(C(C)C)CC4)cc3)c12. The Balaban J connectivity index is 1.49. The number of aromatic hydroxyl groups is 1. The molecule has 0 aliphatic carbocycles. The van der Waals surface area contributed by atoms with Gasteiger partial charge in [0.2, 0.25) is 0 Å².